The summed E-state index contributed by atoms with van der Waals surface area (Å²) < 4.78 is 5.80. The number of carboxylic acids is 1. The maximum Gasteiger partial charge on any atom is 0.330 e. The van der Waals surface area contributed by atoms with Gasteiger partial charge in [-0.25, -0.2) is 4.79 Å². The first-order valence-electron chi connectivity index (χ1n) is 9.47. The van der Waals surface area contributed by atoms with Gasteiger partial charge in [-0.05, 0) is 42.3 Å². The van der Waals surface area contributed by atoms with Crippen molar-refractivity contribution in [2.24, 2.45) is 0 Å². The zero-order valence-electron chi connectivity index (χ0n) is 16.7. The predicted octanol–water partition coefficient (Wildman–Crippen LogP) is 4.02. The fraction of sp³-hybridized carbons (Fsp3) is 0.304. The van der Waals surface area contributed by atoms with Crippen LogP contribution in [0, 0.1) is 11.3 Å². The molecule has 0 aliphatic rings. The van der Waals surface area contributed by atoms with Crippen LogP contribution in [0.1, 0.15) is 48.1 Å². The summed E-state index contributed by atoms with van der Waals surface area (Å²) in [5.41, 5.74) is 3.36. The molecule has 6 nitrogen and oxygen atoms in total. The van der Waals surface area contributed by atoms with Crippen molar-refractivity contribution in [3.63, 3.8) is 0 Å². The van der Waals surface area contributed by atoms with Crippen LogP contribution in [0.5, 0.6) is 5.75 Å². The number of hydrogen-bond acceptors (Lipinski definition) is 5. The van der Waals surface area contributed by atoms with Crippen LogP contribution >= 0.6 is 0 Å². The highest BCUT2D eigenvalue weighted by Crippen LogP contribution is 2.37. The molecule has 6 heteroatoms. The van der Waals surface area contributed by atoms with Crippen molar-refractivity contribution < 1.29 is 19.7 Å². The van der Waals surface area contributed by atoms with Crippen molar-refractivity contribution in [3.05, 3.63) is 71.3 Å². The van der Waals surface area contributed by atoms with Crippen molar-refractivity contribution in [1.29, 1.82) is 5.26 Å². The van der Waals surface area contributed by atoms with Crippen LogP contribution in [0.15, 0.2) is 49.1 Å². The molecule has 2 unspecified atom stereocenters. The van der Waals surface area contributed by atoms with Crippen LogP contribution in [-0.4, -0.2) is 29.4 Å². The second kappa shape index (κ2) is 10.3. The summed E-state index contributed by atoms with van der Waals surface area (Å²) in [6.07, 6.45) is 2.50. The first kappa shape index (κ1) is 22.0. The number of aryl methyl sites for hydroxylation is 1. The topological polar surface area (TPSA) is 103 Å². The van der Waals surface area contributed by atoms with Crippen molar-refractivity contribution in [2.45, 2.75) is 32.2 Å². The largest absolute Gasteiger partial charge is 0.491 e. The van der Waals surface area contributed by atoms with Crippen LogP contribution in [0.3, 0.4) is 0 Å². The Morgan fingerprint density at radius 2 is 1.97 bits per heavy atom. The molecule has 2 rings (SSSR count). The van der Waals surface area contributed by atoms with Crippen molar-refractivity contribution in [3.8, 4) is 11.8 Å². The maximum absolute atomic E-state index is 12.2. The van der Waals surface area contributed by atoms with E-state index in [-0.39, 0.29) is 19.1 Å². The van der Waals surface area contributed by atoms with Crippen LogP contribution in [0.25, 0.3) is 0 Å². The number of aliphatic hydroxyl groups is 1. The molecule has 0 fully saturated rings. The van der Waals surface area contributed by atoms with E-state index < -0.39 is 12.0 Å². The molecule has 0 spiro atoms. The number of benzene rings is 2. The summed E-state index contributed by atoms with van der Waals surface area (Å²) in [6.45, 7) is 7.67. The maximum atomic E-state index is 12.2. The molecule has 0 heterocycles. The number of nitriles is 1. The van der Waals surface area contributed by atoms with Gasteiger partial charge in [0.1, 0.15) is 12.4 Å². The van der Waals surface area contributed by atoms with E-state index in [1.54, 1.807) is 30.3 Å². The third kappa shape index (κ3) is 5.37. The highest BCUT2D eigenvalue weighted by atomic mass is 16.5. The SMILES string of the molecule is C=CC(C)c1cc(CC)cc(C(Nc2ccc(C#N)cc2)C(=O)O)c1OCCO. The number of aliphatic hydroxyl groups excluding tert-OH is 1. The Bertz CT molecular complexity index is 900. The van der Waals surface area contributed by atoms with Crippen molar-refractivity contribution in [2.75, 3.05) is 18.5 Å². The Morgan fingerprint density at radius 1 is 1.31 bits per heavy atom. The van der Waals surface area contributed by atoms with E-state index in [0.717, 1.165) is 17.5 Å². The normalized spacial score (nSPS) is 12.5. The lowest BCUT2D eigenvalue weighted by molar-refractivity contribution is -0.138. The molecule has 0 saturated carbocycles. The van der Waals surface area contributed by atoms with Gasteiger partial charge >= 0.3 is 5.97 Å². The quantitative estimate of drug-likeness (QED) is 0.526. The van der Waals surface area contributed by atoms with Crippen LogP contribution in [0.2, 0.25) is 0 Å². The van der Waals surface area contributed by atoms with Gasteiger partial charge in [0.25, 0.3) is 0 Å². The molecule has 0 amide bonds. The fourth-order valence-corrected chi connectivity index (χ4v) is 3.02. The van der Waals surface area contributed by atoms with Gasteiger partial charge in [-0.2, -0.15) is 5.26 Å². The highest BCUT2D eigenvalue weighted by molar-refractivity contribution is 5.81. The molecule has 0 aliphatic heterocycles. The molecule has 2 atom stereocenters. The van der Waals surface area contributed by atoms with E-state index in [4.69, 9.17) is 10.00 Å². The average molecular weight is 394 g/mol. The average Bonchev–Trinajstić information content (AvgIpc) is 2.75. The molecule has 0 radical (unpaired) electrons. The Balaban J connectivity index is 2.59. The van der Waals surface area contributed by atoms with Gasteiger partial charge in [0.05, 0.1) is 18.2 Å². The minimum atomic E-state index is -1.07. The number of carboxylic acid groups (broad SMARTS) is 1. The minimum absolute atomic E-state index is 0.0541. The summed E-state index contributed by atoms with van der Waals surface area (Å²) in [4.78, 5) is 12.2. The third-order valence-corrected chi connectivity index (χ3v) is 4.68. The second-order valence-electron chi connectivity index (χ2n) is 6.66. The number of nitrogens with one attached hydrogen (secondary N) is 1. The number of carbonyl (C=O) groups is 1. The number of ether oxygens (including phenoxy) is 1. The van der Waals surface area contributed by atoms with E-state index in [0.29, 0.717) is 22.6 Å². The fourth-order valence-electron chi connectivity index (χ4n) is 3.02. The van der Waals surface area contributed by atoms with Gasteiger partial charge < -0.3 is 20.3 Å². The van der Waals surface area contributed by atoms with E-state index >= 15 is 0 Å². The van der Waals surface area contributed by atoms with Gasteiger partial charge in [0.2, 0.25) is 0 Å². The Kier molecular flexibility index (Phi) is 7.81. The lowest BCUT2D eigenvalue weighted by Crippen LogP contribution is -2.23. The smallest absolute Gasteiger partial charge is 0.330 e. The number of aliphatic carboxylic acids is 1. The Morgan fingerprint density at radius 3 is 2.48 bits per heavy atom. The summed E-state index contributed by atoms with van der Waals surface area (Å²) in [5.74, 6) is -0.677. The van der Waals surface area contributed by atoms with Crippen molar-refractivity contribution >= 4 is 11.7 Å². The minimum Gasteiger partial charge on any atom is -0.491 e. The van der Waals surface area contributed by atoms with Crippen LogP contribution < -0.4 is 10.1 Å². The lowest BCUT2D eigenvalue weighted by Gasteiger charge is -2.24. The Hall–Kier alpha value is -3.30. The van der Waals surface area contributed by atoms with E-state index in [2.05, 4.69) is 11.9 Å². The predicted molar refractivity (Wildman–Crippen MR) is 112 cm³/mol. The van der Waals surface area contributed by atoms with Crippen LogP contribution in [-0.2, 0) is 11.2 Å². The second-order valence-corrected chi connectivity index (χ2v) is 6.66. The van der Waals surface area contributed by atoms with Gasteiger partial charge in [0.15, 0.2) is 6.04 Å². The molecule has 0 aliphatic carbocycles. The number of allylic oxidation sites excluding steroid dienone is 1. The molecule has 2 aromatic rings. The highest BCUT2D eigenvalue weighted by Gasteiger charge is 2.27. The number of rotatable bonds is 10. The molecular formula is C23H26N2O4. The van der Waals surface area contributed by atoms with Gasteiger partial charge in [-0.15, -0.1) is 6.58 Å². The molecule has 2 aromatic carbocycles. The summed E-state index contributed by atoms with van der Waals surface area (Å²) >= 11 is 0. The standard InChI is InChI=1S/C23H26N2O4/c1-4-15(3)19-12-16(5-2)13-20(22(19)29-11-10-26)21(23(27)28)25-18-8-6-17(14-24)7-9-18/h4,6-9,12-13,15,21,25-26H,1,5,10-11H2,2-3H3,(H,27,28). The Labute approximate surface area is 171 Å². The monoisotopic (exact) mass is 394 g/mol. The molecule has 0 aromatic heterocycles. The van der Waals surface area contributed by atoms with E-state index in [9.17, 15) is 15.0 Å². The van der Waals surface area contributed by atoms with Crippen LogP contribution in [0.4, 0.5) is 5.69 Å². The zero-order chi connectivity index (χ0) is 21.4. The van der Waals surface area contributed by atoms with E-state index in [1.807, 2.05) is 32.0 Å². The van der Waals surface area contributed by atoms with E-state index in [1.165, 1.54) is 0 Å². The first-order chi connectivity index (χ1) is 13.9. The first-order valence-corrected chi connectivity index (χ1v) is 9.47. The third-order valence-electron chi connectivity index (χ3n) is 4.68. The summed E-state index contributed by atoms with van der Waals surface area (Å²) in [5, 5.41) is 31.2. The molecule has 29 heavy (non-hydrogen) atoms. The van der Waals surface area contributed by atoms with Crippen molar-refractivity contribution in [1.82, 2.24) is 0 Å². The lowest BCUT2D eigenvalue weighted by atomic mass is 9.91. The molecule has 3 N–H and O–H groups in total. The summed E-state index contributed by atoms with van der Waals surface area (Å²) in [6, 6.07) is 11.4. The molecule has 0 saturated heterocycles. The summed E-state index contributed by atoms with van der Waals surface area (Å²) in [7, 11) is 0. The molecule has 152 valence electrons. The number of nitrogens with zero attached hydrogens (tertiary/aromatic N) is 1. The molecular weight excluding hydrogens is 368 g/mol. The van der Waals surface area contributed by atoms with Gasteiger partial charge in [0, 0.05) is 22.7 Å². The van der Waals surface area contributed by atoms with Gasteiger partial charge in [-0.1, -0.05) is 26.0 Å². The molecule has 0 bridgehead atoms. The number of hydrogen-bond donors (Lipinski definition) is 3. The zero-order valence-corrected chi connectivity index (χ0v) is 16.7. The number of anilines is 1. The van der Waals surface area contributed by atoms with Gasteiger partial charge in [-0.3, -0.25) is 0 Å².